The van der Waals surface area contributed by atoms with Crippen molar-refractivity contribution >= 4 is 11.6 Å². The molecule has 0 amide bonds. The number of methoxy groups -OCH3 is 1. The molecule has 0 radical (unpaired) electrons. The first-order valence-electron chi connectivity index (χ1n) is 4.23. The van der Waals surface area contributed by atoms with Crippen LogP contribution in [-0.4, -0.2) is 7.11 Å². The van der Waals surface area contributed by atoms with E-state index in [1.165, 1.54) is 32.2 Å². The average molecular weight is 221 g/mol. The Morgan fingerprint density at radius 2 is 2.07 bits per heavy atom. The summed E-state index contributed by atoms with van der Waals surface area (Å²) in [5.74, 6) is -2.72. The molecule has 0 N–H and O–H groups in total. The number of hydrogen-bond acceptors (Lipinski definition) is 1. The minimum atomic E-state index is -2.89. The fourth-order valence-electron chi connectivity index (χ4n) is 1.16. The highest BCUT2D eigenvalue weighted by Gasteiger charge is 2.32. The van der Waals surface area contributed by atoms with Crippen molar-refractivity contribution in [2.75, 3.05) is 7.11 Å². The SMILES string of the molecule is CCC(F)(F)c1cc(Cl)ccc1OC. The molecule has 1 aromatic carbocycles. The molecule has 0 unspecified atom stereocenters. The molecule has 0 atom stereocenters. The van der Waals surface area contributed by atoms with Crippen molar-refractivity contribution < 1.29 is 13.5 Å². The van der Waals surface area contributed by atoms with Gasteiger partial charge in [0.25, 0.3) is 5.92 Å². The molecule has 1 nitrogen and oxygen atoms in total. The van der Waals surface area contributed by atoms with Crippen LogP contribution in [0.2, 0.25) is 5.02 Å². The molecule has 4 heteroatoms. The van der Waals surface area contributed by atoms with E-state index in [2.05, 4.69) is 0 Å². The second-order valence-electron chi connectivity index (χ2n) is 2.90. The van der Waals surface area contributed by atoms with Gasteiger partial charge in [0, 0.05) is 11.4 Å². The zero-order valence-electron chi connectivity index (χ0n) is 7.98. The first-order chi connectivity index (χ1) is 6.51. The van der Waals surface area contributed by atoms with Crippen molar-refractivity contribution in [2.45, 2.75) is 19.3 Å². The molecule has 0 aliphatic heterocycles. The van der Waals surface area contributed by atoms with Crippen molar-refractivity contribution in [1.82, 2.24) is 0 Å². The number of ether oxygens (including phenoxy) is 1. The van der Waals surface area contributed by atoms with E-state index in [0.717, 1.165) is 0 Å². The number of rotatable bonds is 3. The van der Waals surface area contributed by atoms with Crippen LogP contribution in [0.3, 0.4) is 0 Å². The first kappa shape index (κ1) is 11.2. The van der Waals surface area contributed by atoms with E-state index in [9.17, 15) is 8.78 Å². The van der Waals surface area contributed by atoms with E-state index in [-0.39, 0.29) is 22.8 Å². The van der Waals surface area contributed by atoms with Gasteiger partial charge in [0.05, 0.1) is 12.7 Å². The van der Waals surface area contributed by atoms with Crippen LogP contribution >= 0.6 is 11.6 Å². The summed E-state index contributed by atoms with van der Waals surface area (Å²) in [6, 6.07) is 4.21. The van der Waals surface area contributed by atoms with Crippen LogP contribution in [0.5, 0.6) is 5.75 Å². The molecule has 0 aromatic heterocycles. The maximum absolute atomic E-state index is 13.4. The lowest BCUT2D eigenvalue weighted by molar-refractivity contribution is -0.0104. The summed E-state index contributed by atoms with van der Waals surface area (Å²) in [4.78, 5) is 0. The summed E-state index contributed by atoms with van der Waals surface area (Å²) < 4.78 is 31.6. The van der Waals surface area contributed by atoms with Gasteiger partial charge in [0.1, 0.15) is 5.75 Å². The molecule has 0 bridgehead atoms. The Hall–Kier alpha value is -0.830. The van der Waals surface area contributed by atoms with Gasteiger partial charge in [-0.05, 0) is 18.2 Å². The molecule has 0 aliphatic carbocycles. The van der Waals surface area contributed by atoms with Crippen LogP contribution < -0.4 is 4.74 Å². The quantitative estimate of drug-likeness (QED) is 0.752. The van der Waals surface area contributed by atoms with Crippen LogP contribution in [0.1, 0.15) is 18.9 Å². The lowest BCUT2D eigenvalue weighted by Gasteiger charge is -2.17. The second kappa shape index (κ2) is 4.13. The van der Waals surface area contributed by atoms with Crippen LogP contribution in [0.4, 0.5) is 8.78 Å². The summed E-state index contributed by atoms with van der Waals surface area (Å²) in [5.41, 5.74) is -0.157. The monoisotopic (exact) mass is 220 g/mol. The van der Waals surface area contributed by atoms with Crippen LogP contribution in [0.15, 0.2) is 18.2 Å². The normalized spacial score (nSPS) is 11.5. The Kier molecular flexibility index (Phi) is 3.32. The van der Waals surface area contributed by atoms with Gasteiger partial charge < -0.3 is 4.74 Å². The highest BCUT2D eigenvalue weighted by Crippen LogP contribution is 2.38. The number of benzene rings is 1. The molecule has 14 heavy (non-hydrogen) atoms. The van der Waals surface area contributed by atoms with E-state index in [1.54, 1.807) is 0 Å². The Balaban J connectivity index is 3.23. The molecule has 0 saturated heterocycles. The zero-order chi connectivity index (χ0) is 10.8. The Morgan fingerprint density at radius 3 is 2.57 bits per heavy atom. The maximum atomic E-state index is 13.4. The molecular weight excluding hydrogens is 210 g/mol. The summed E-state index contributed by atoms with van der Waals surface area (Å²) in [6.07, 6.45) is -0.274. The van der Waals surface area contributed by atoms with Gasteiger partial charge in [0.15, 0.2) is 0 Å². The fourth-order valence-corrected chi connectivity index (χ4v) is 1.33. The lowest BCUT2D eigenvalue weighted by Crippen LogP contribution is -2.13. The largest absolute Gasteiger partial charge is 0.496 e. The van der Waals surface area contributed by atoms with E-state index < -0.39 is 5.92 Å². The van der Waals surface area contributed by atoms with Crippen LogP contribution in [-0.2, 0) is 5.92 Å². The third-order valence-electron chi connectivity index (χ3n) is 2.00. The molecule has 1 rings (SSSR count). The van der Waals surface area contributed by atoms with E-state index in [1.807, 2.05) is 0 Å². The summed E-state index contributed by atoms with van der Waals surface area (Å²) >= 11 is 5.65. The van der Waals surface area contributed by atoms with E-state index in [4.69, 9.17) is 16.3 Å². The molecule has 1 aromatic rings. The smallest absolute Gasteiger partial charge is 0.276 e. The van der Waals surface area contributed by atoms with Gasteiger partial charge in [-0.3, -0.25) is 0 Å². The minimum Gasteiger partial charge on any atom is -0.496 e. The molecule has 78 valence electrons. The third-order valence-corrected chi connectivity index (χ3v) is 2.23. The van der Waals surface area contributed by atoms with Crippen molar-refractivity contribution in [3.63, 3.8) is 0 Å². The van der Waals surface area contributed by atoms with E-state index >= 15 is 0 Å². The molecule has 0 heterocycles. The lowest BCUT2D eigenvalue weighted by atomic mass is 10.1. The number of hydrogen-bond donors (Lipinski definition) is 0. The van der Waals surface area contributed by atoms with Crippen LogP contribution in [0.25, 0.3) is 0 Å². The second-order valence-corrected chi connectivity index (χ2v) is 3.34. The van der Waals surface area contributed by atoms with E-state index in [0.29, 0.717) is 0 Å². The third kappa shape index (κ3) is 2.15. The number of alkyl halides is 2. The van der Waals surface area contributed by atoms with Gasteiger partial charge >= 0.3 is 0 Å². The van der Waals surface area contributed by atoms with Crippen molar-refractivity contribution in [3.05, 3.63) is 28.8 Å². The average Bonchev–Trinajstić information content (AvgIpc) is 2.18. The van der Waals surface area contributed by atoms with Gasteiger partial charge in [-0.15, -0.1) is 0 Å². The predicted octanol–water partition coefficient (Wildman–Crippen LogP) is 3.85. The summed E-state index contributed by atoms with van der Waals surface area (Å²) in [5, 5.41) is 0.286. The molecule has 0 fully saturated rings. The van der Waals surface area contributed by atoms with Gasteiger partial charge in [0.2, 0.25) is 0 Å². The highest BCUT2D eigenvalue weighted by atomic mass is 35.5. The fraction of sp³-hybridized carbons (Fsp3) is 0.400. The van der Waals surface area contributed by atoms with Gasteiger partial charge in [-0.1, -0.05) is 18.5 Å². The Bertz CT molecular complexity index is 326. The number of halogens is 3. The molecule has 0 saturated carbocycles. The highest BCUT2D eigenvalue weighted by molar-refractivity contribution is 6.30. The topological polar surface area (TPSA) is 9.23 Å². The predicted molar refractivity (Wildman–Crippen MR) is 52.2 cm³/mol. The Labute approximate surface area is 86.6 Å². The maximum Gasteiger partial charge on any atom is 0.276 e. The summed E-state index contributed by atoms with van der Waals surface area (Å²) in [7, 11) is 1.36. The Morgan fingerprint density at radius 1 is 1.43 bits per heavy atom. The van der Waals surface area contributed by atoms with Crippen molar-refractivity contribution in [3.8, 4) is 5.75 Å². The molecular formula is C10H11ClF2O. The first-order valence-corrected chi connectivity index (χ1v) is 4.61. The molecule has 0 aliphatic rings. The van der Waals surface area contributed by atoms with Crippen LogP contribution in [0, 0.1) is 0 Å². The van der Waals surface area contributed by atoms with Crippen molar-refractivity contribution in [1.29, 1.82) is 0 Å². The van der Waals surface area contributed by atoms with Gasteiger partial charge in [-0.25, -0.2) is 8.78 Å². The standard InChI is InChI=1S/C10H11ClF2O/c1-3-10(12,13)8-6-7(11)4-5-9(8)14-2/h4-6H,3H2,1-2H3. The minimum absolute atomic E-state index is 0.157. The van der Waals surface area contributed by atoms with Crippen molar-refractivity contribution in [2.24, 2.45) is 0 Å². The van der Waals surface area contributed by atoms with Gasteiger partial charge in [-0.2, -0.15) is 0 Å². The summed E-state index contributed by atoms with van der Waals surface area (Å²) in [6.45, 7) is 1.42. The zero-order valence-corrected chi connectivity index (χ0v) is 8.74. The molecule has 0 spiro atoms.